The van der Waals surface area contributed by atoms with E-state index in [0.29, 0.717) is 16.3 Å². The number of aromatic nitrogens is 2. The molecule has 4 nitrogen and oxygen atoms in total. The van der Waals surface area contributed by atoms with Crippen LogP contribution in [0.1, 0.15) is 10.4 Å². The van der Waals surface area contributed by atoms with E-state index in [-0.39, 0.29) is 5.91 Å². The zero-order chi connectivity index (χ0) is 11.4. The first-order chi connectivity index (χ1) is 7.77. The maximum absolute atomic E-state index is 11.7. The Morgan fingerprint density at radius 1 is 1.19 bits per heavy atom. The Bertz CT molecular complexity index is 502. The molecule has 5 heteroatoms. The number of halogens is 1. The molecule has 1 N–H and O–H groups in total. The monoisotopic (exact) mass is 233 g/mol. The molecule has 0 aliphatic heterocycles. The van der Waals surface area contributed by atoms with Gasteiger partial charge in [-0.15, -0.1) is 0 Å². The smallest absolute Gasteiger partial charge is 0.258 e. The number of nitrogens with zero attached hydrogens (tertiary/aromatic N) is 2. The number of benzene rings is 1. The molecule has 1 amide bonds. The average Bonchev–Trinajstić information content (AvgIpc) is 2.33. The number of carbonyl (C=O) groups excluding carboxylic acids is 1. The van der Waals surface area contributed by atoms with E-state index in [1.807, 2.05) is 0 Å². The molecule has 0 spiro atoms. The Hall–Kier alpha value is -1.94. The molecule has 1 aromatic carbocycles. The number of para-hydroxylation sites is 1. The van der Waals surface area contributed by atoms with Crippen molar-refractivity contribution in [3.63, 3.8) is 0 Å². The van der Waals surface area contributed by atoms with E-state index in [1.54, 1.807) is 24.3 Å². The molecule has 0 atom stereocenters. The Labute approximate surface area is 97.3 Å². The summed E-state index contributed by atoms with van der Waals surface area (Å²) >= 11 is 5.91. The van der Waals surface area contributed by atoms with Crippen LogP contribution in [0.4, 0.5) is 5.69 Å². The van der Waals surface area contributed by atoms with Gasteiger partial charge in [-0.2, -0.15) is 0 Å². The highest BCUT2D eigenvalue weighted by molar-refractivity contribution is 6.33. The van der Waals surface area contributed by atoms with Gasteiger partial charge in [0.1, 0.15) is 6.33 Å². The van der Waals surface area contributed by atoms with Crippen LogP contribution >= 0.6 is 11.6 Å². The van der Waals surface area contributed by atoms with Crippen LogP contribution in [0, 0.1) is 0 Å². The van der Waals surface area contributed by atoms with Gasteiger partial charge in [0.2, 0.25) is 0 Å². The largest absolute Gasteiger partial charge is 0.321 e. The molecule has 0 fully saturated rings. The lowest BCUT2D eigenvalue weighted by Crippen LogP contribution is -2.12. The maximum atomic E-state index is 11.7. The van der Waals surface area contributed by atoms with Crippen LogP contribution in [0.3, 0.4) is 0 Å². The highest BCUT2D eigenvalue weighted by Crippen LogP contribution is 2.20. The first kappa shape index (κ1) is 10.6. The summed E-state index contributed by atoms with van der Waals surface area (Å²) in [6.45, 7) is 0. The Morgan fingerprint density at radius 2 is 1.88 bits per heavy atom. The Balaban J connectivity index is 2.18. The van der Waals surface area contributed by atoms with Crippen molar-refractivity contribution in [1.82, 2.24) is 9.97 Å². The van der Waals surface area contributed by atoms with Crippen molar-refractivity contribution in [3.8, 4) is 0 Å². The van der Waals surface area contributed by atoms with E-state index in [4.69, 9.17) is 11.6 Å². The fourth-order valence-electron chi connectivity index (χ4n) is 1.17. The number of rotatable bonds is 2. The molecule has 0 saturated heterocycles. The van der Waals surface area contributed by atoms with Crippen molar-refractivity contribution in [3.05, 3.63) is 53.6 Å². The van der Waals surface area contributed by atoms with Crippen LogP contribution in [0.25, 0.3) is 0 Å². The van der Waals surface area contributed by atoms with Crippen molar-refractivity contribution >= 4 is 23.2 Å². The third-order valence-corrected chi connectivity index (χ3v) is 2.27. The van der Waals surface area contributed by atoms with Crippen LogP contribution in [0.5, 0.6) is 0 Å². The number of nitrogens with one attached hydrogen (secondary N) is 1. The highest BCUT2D eigenvalue weighted by atomic mass is 35.5. The molecule has 16 heavy (non-hydrogen) atoms. The van der Waals surface area contributed by atoms with Crippen LogP contribution in [-0.2, 0) is 0 Å². The minimum absolute atomic E-state index is 0.284. The molecule has 0 radical (unpaired) electrons. The van der Waals surface area contributed by atoms with Gasteiger partial charge in [0, 0.05) is 12.4 Å². The van der Waals surface area contributed by atoms with E-state index in [0.717, 1.165) is 0 Å². The second-order valence-electron chi connectivity index (χ2n) is 3.06. The van der Waals surface area contributed by atoms with E-state index < -0.39 is 0 Å². The third-order valence-electron chi connectivity index (χ3n) is 1.94. The predicted molar refractivity (Wildman–Crippen MR) is 61.4 cm³/mol. The van der Waals surface area contributed by atoms with Gasteiger partial charge in [-0.25, -0.2) is 9.97 Å². The van der Waals surface area contributed by atoms with Crippen molar-refractivity contribution < 1.29 is 4.79 Å². The van der Waals surface area contributed by atoms with E-state index in [2.05, 4.69) is 15.3 Å². The minimum Gasteiger partial charge on any atom is -0.321 e. The molecule has 0 bridgehead atoms. The summed E-state index contributed by atoms with van der Waals surface area (Å²) in [6, 6.07) is 7.02. The summed E-state index contributed by atoms with van der Waals surface area (Å²) in [7, 11) is 0. The van der Waals surface area contributed by atoms with Gasteiger partial charge in [0.25, 0.3) is 5.91 Å². The predicted octanol–water partition coefficient (Wildman–Crippen LogP) is 2.38. The molecular weight excluding hydrogens is 226 g/mol. The molecular formula is C11H8ClN3O. The van der Waals surface area contributed by atoms with E-state index in [9.17, 15) is 4.79 Å². The summed E-state index contributed by atoms with van der Waals surface area (Å²) in [5, 5.41) is 3.17. The Kier molecular flexibility index (Phi) is 3.12. The molecule has 0 aliphatic carbocycles. The summed E-state index contributed by atoms with van der Waals surface area (Å²) in [6.07, 6.45) is 4.25. The highest BCUT2D eigenvalue weighted by Gasteiger charge is 2.07. The lowest BCUT2D eigenvalue weighted by Gasteiger charge is -2.05. The van der Waals surface area contributed by atoms with Crippen LogP contribution in [0.2, 0.25) is 5.02 Å². The van der Waals surface area contributed by atoms with Crippen molar-refractivity contribution in [2.75, 3.05) is 5.32 Å². The lowest BCUT2D eigenvalue weighted by molar-refractivity contribution is 0.102. The number of hydrogen-bond donors (Lipinski definition) is 1. The molecule has 0 saturated carbocycles. The van der Waals surface area contributed by atoms with Gasteiger partial charge in [0.05, 0.1) is 16.3 Å². The van der Waals surface area contributed by atoms with E-state index >= 15 is 0 Å². The quantitative estimate of drug-likeness (QED) is 0.867. The molecule has 0 aliphatic rings. The van der Waals surface area contributed by atoms with Gasteiger partial charge in [-0.3, -0.25) is 4.79 Å². The zero-order valence-electron chi connectivity index (χ0n) is 8.22. The van der Waals surface area contributed by atoms with Gasteiger partial charge >= 0.3 is 0 Å². The van der Waals surface area contributed by atoms with Gasteiger partial charge in [0.15, 0.2) is 0 Å². The Morgan fingerprint density at radius 3 is 2.56 bits per heavy atom. The number of hydrogen-bond acceptors (Lipinski definition) is 3. The third kappa shape index (κ3) is 2.35. The second kappa shape index (κ2) is 4.72. The topological polar surface area (TPSA) is 54.9 Å². The molecule has 2 rings (SSSR count). The number of carbonyl (C=O) groups is 1. The van der Waals surface area contributed by atoms with Crippen molar-refractivity contribution in [2.45, 2.75) is 0 Å². The molecule has 0 unspecified atom stereocenters. The second-order valence-corrected chi connectivity index (χ2v) is 3.47. The summed E-state index contributed by atoms with van der Waals surface area (Å²) in [5.41, 5.74) is 0.959. The molecule has 1 aromatic heterocycles. The normalized spacial score (nSPS) is 9.81. The number of anilines is 1. The van der Waals surface area contributed by atoms with Gasteiger partial charge < -0.3 is 5.32 Å². The molecule has 1 heterocycles. The lowest BCUT2D eigenvalue weighted by atomic mass is 10.3. The summed E-state index contributed by atoms with van der Waals surface area (Å²) in [4.78, 5) is 19.2. The van der Waals surface area contributed by atoms with E-state index in [1.165, 1.54) is 18.7 Å². The fraction of sp³-hybridized carbons (Fsp3) is 0. The average molecular weight is 234 g/mol. The zero-order valence-corrected chi connectivity index (χ0v) is 8.98. The first-order valence-corrected chi connectivity index (χ1v) is 4.96. The van der Waals surface area contributed by atoms with Crippen LogP contribution in [-0.4, -0.2) is 15.9 Å². The standard InChI is InChI=1S/C11H8ClN3O/c12-9-3-1-2-4-10(9)15-11(16)8-5-13-7-14-6-8/h1-7H,(H,15,16). The summed E-state index contributed by atoms with van der Waals surface area (Å²) < 4.78 is 0. The number of amides is 1. The first-order valence-electron chi connectivity index (χ1n) is 4.58. The maximum Gasteiger partial charge on any atom is 0.258 e. The van der Waals surface area contributed by atoms with Crippen LogP contribution in [0.15, 0.2) is 43.0 Å². The van der Waals surface area contributed by atoms with Crippen LogP contribution < -0.4 is 5.32 Å². The van der Waals surface area contributed by atoms with Crippen molar-refractivity contribution in [1.29, 1.82) is 0 Å². The fourth-order valence-corrected chi connectivity index (χ4v) is 1.36. The minimum atomic E-state index is -0.284. The van der Waals surface area contributed by atoms with Gasteiger partial charge in [-0.05, 0) is 12.1 Å². The molecule has 80 valence electrons. The van der Waals surface area contributed by atoms with Gasteiger partial charge in [-0.1, -0.05) is 23.7 Å². The SMILES string of the molecule is O=C(Nc1ccccc1Cl)c1cncnc1. The molecule has 2 aromatic rings. The van der Waals surface area contributed by atoms with Crippen molar-refractivity contribution in [2.24, 2.45) is 0 Å². The summed E-state index contributed by atoms with van der Waals surface area (Å²) in [5.74, 6) is -0.284.